The highest BCUT2D eigenvalue weighted by atomic mass is 14.7. The van der Waals surface area contributed by atoms with Crippen molar-refractivity contribution in [2.45, 2.75) is 0 Å². The van der Waals surface area contributed by atoms with Crippen LogP contribution in [-0.4, -0.2) is 19.9 Å². The molecule has 4 heteroatoms. The summed E-state index contributed by atoms with van der Waals surface area (Å²) in [4.78, 5) is 19.1. The topological polar surface area (TPSA) is 51.6 Å². The summed E-state index contributed by atoms with van der Waals surface area (Å²) in [6, 6.07) is 44.8. The summed E-state index contributed by atoms with van der Waals surface area (Å²) in [7, 11) is 0. The zero-order valence-corrected chi connectivity index (χ0v) is 24.8. The molecule has 0 bridgehead atoms. The maximum Gasteiger partial charge on any atom is 0.0824 e. The lowest BCUT2D eigenvalue weighted by molar-refractivity contribution is 1.32. The molecule has 9 aromatic rings. The normalized spacial score (nSPS) is 11.5. The van der Waals surface area contributed by atoms with Crippen LogP contribution in [0.5, 0.6) is 0 Å². The van der Waals surface area contributed by atoms with Crippen molar-refractivity contribution in [1.29, 1.82) is 0 Å². The smallest absolute Gasteiger partial charge is 0.0824 e. The van der Waals surface area contributed by atoms with E-state index in [2.05, 4.69) is 119 Å². The van der Waals surface area contributed by atoms with Gasteiger partial charge in [0.15, 0.2) is 0 Å². The van der Waals surface area contributed by atoms with Crippen LogP contribution in [0.1, 0.15) is 0 Å². The first-order valence-corrected chi connectivity index (χ1v) is 15.4. The Balaban J connectivity index is 1.23. The van der Waals surface area contributed by atoms with Gasteiger partial charge in [0.05, 0.1) is 16.7 Å². The second-order valence-electron chi connectivity index (χ2n) is 11.5. The molecule has 0 saturated heterocycles. The highest BCUT2D eigenvalue weighted by molar-refractivity contribution is 6.30. The van der Waals surface area contributed by atoms with Crippen molar-refractivity contribution >= 4 is 43.4 Å². The first-order chi connectivity index (χ1) is 22.8. The van der Waals surface area contributed by atoms with E-state index in [1.54, 1.807) is 12.4 Å². The fourth-order valence-electron chi connectivity index (χ4n) is 6.68. The minimum atomic E-state index is 0.933. The van der Waals surface area contributed by atoms with Crippen LogP contribution in [0.15, 0.2) is 158 Å². The lowest BCUT2D eigenvalue weighted by Crippen LogP contribution is -1.94. The summed E-state index contributed by atoms with van der Waals surface area (Å²) in [5, 5.41) is 6.87. The zero-order chi connectivity index (χ0) is 30.5. The number of aromatic nitrogens is 4. The molecule has 4 nitrogen and oxygen atoms in total. The second kappa shape index (κ2) is 10.7. The van der Waals surface area contributed by atoms with Gasteiger partial charge in [0.2, 0.25) is 0 Å². The van der Waals surface area contributed by atoms with E-state index in [1.807, 2.05) is 36.8 Å². The van der Waals surface area contributed by atoms with Gasteiger partial charge in [0, 0.05) is 63.8 Å². The maximum absolute atomic E-state index is 5.41. The van der Waals surface area contributed by atoms with E-state index in [1.165, 1.54) is 16.2 Å². The highest BCUT2D eigenvalue weighted by Gasteiger charge is 2.17. The summed E-state index contributed by atoms with van der Waals surface area (Å²) in [6.07, 6.45) is 9.31. The molecule has 4 aromatic heterocycles. The minimum absolute atomic E-state index is 0.933. The fraction of sp³-hybridized carbons (Fsp3) is 0. The Morgan fingerprint density at radius 1 is 0.348 bits per heavy atom. The second-order valence-corrected chi connectivity index (χ2v) is 11.5. The molecule has 0 fully saturated rings. The van der Waals surface area contributed by atoms with Gasteiger partial charge in [-0.3, -0.25) is 15.0 Å². The number of pyridine rings is 4. The Hall–Kier alpha value is -6.26. The number of benzene rings is 5. The van der Waals surface area contributed by atoms with Crippen LogP contribution in [0.2, 0.25) is 0 Å². The maximum atomic E-state index is 5.41. The summed E-state index contributed by atoms with van der Waals surface area (Å²) < 4.78 is 0. The van der Waals surface area contributed by atoms with Crippen molar-refractivity contribution in [3.63, 3.8) is 0 Å². The van der Waals surface area contributed by atoms with Crippen LogP contribution in [-0.2, 0) is 0 Å². The third kappa shape index (κ3) is 4.31. The van der Waals surface area contributed by atoms with Gasteiger partial charge < -0.3 is 0 Å². The quantitative estimate of drug-likeness (QED) is 0.193. The molecule has 0 amide bonds. The van der Waals surface area contributed by atoms with Gasteiger partial charge in [-0.2, -0.15) is 0 Å². The van der Waals surface area contributed by atoms with Crippen molar-refractivity contribution in [3.05, 3.63) is 158 Å². The Kier molecular flexibility index (Phi) is 6.10. The van der Waals surface area contributed by atoms with Crippen LogP contribution < -0.4 is 0 Å². The molecule has 9 rings (SSSR count). The van der Waals surface area contributed by atoms with Crippen molar-refractivity contribution in [2.24, 2.45) is 0 Å². The van der Waals surface area contributed by atoms with Gasteiger partial charge >= 0.3 is 0 Å². The molecule has 46 heavy (non-hydrogen) atoms. The average molecular weight is 587 g/mol. The van der Waals surface area contributed by atoms with Crippen LogP contribution in [0.25, 0.3) is 88.0 Å². The third-order valence-electron chi connectivity index (χ3n) is 8.84. The summed E-state index contributed by atoms with van der Waals surface area (Å²) in [5.74, 6) is 0. The minimum Gasteiger partial charge on any atom is -0.264 e. The van der Waals surface area contributed by atoms with Crippen LogP contribution >= 0.6 is 0 Å². The number of fused-ring (bicyclic) bond motifs is 8. The van der Waals surface area contributed by atoms with Crippen molar-refractivity contribution in [2.75, 3.05) is 0 Å². The molecule has 0 aliphatic rings. The average Bonchev–Trinajstić information content (AvgIpc) is 3.15. The highest BCUT2D eigenvalue weighted by Crippen LogP contribution is 2.40. The van der Waals surface area contributed by atoms with Gasteiger partial charge in [-0.15, -0.1) is 0 Å². The van der Waals surface area contributed by atoms with Gasteiger partial charge in [0.1, 0.15) is 0 Å². The standard InChI is InChI=1S/C42H26N4/c1-3-12-36-34(10-1)35-11-2-4-13-37(35)42-39(36)41-38(14-7-21-45-41)40(46-42)28-17-15-27(16-18-28)31-22-32(29-8-5-19-43-25-29)24-33(23-31)30-9-6-20-44-26-30/h1-26H. The van der Waals surface area contributed by atoms with E-state index < -0.39 is 0 Å². The SMILES string of the molecule is c1cncc(-c2cc(-c3ccc(-c4nc5c6ccccc6c6ccccc6c5c5ncccc45)cc3)cc(-c3cccnc3)c2)c1. The predicted molar refractivity (Wildman–Crippen MR) is 189 cm³/mol. The molecular formula is C42H26N4. The largest absolute Gasteiger partial charge is 0.264 e. The van der Waals surface area contributed by atoms with E-state index in [0.29, 0.717) is 0 Å². The first kappa shape index (κ1) is 26.2. The molecule has 0 aliphatic heterocycles. The molecular weight excluding hydrogens is 560 g/mol. The molecule has 5 aromatic carbocycles. The van der Waals surface area contributed by atoms with Gasteiger partial charge in [-0.25, -0.2) is 4.98 Å². The number of hydrogen-bond donors (Lipinski definition) is 0. The van der Waals surface area contributed by atoms with E-state index in [4.69, 9.17) is 9.97 Å². The molecule has 0 N–H and O–H groups in total. The fourth-order valence-corrected chi connectivity index (χ4v) is 6.68. The summed E-state index contributed by atoms with van der Waals surface area (Å²) >= 11 is 0. The Bertz CT molecular complexity index is 2500. The van der Waals surface area contributed by atoms with E-state index in [9.17, 15) is 0 Å². The lowest BCUT2D eigenvalue weighted by Gasteiger charge is -2.15. The molecule has 0 spiro atoms. The van der Waals surface area contributed by atoms with Crippen LogP contribution in [0.4, 0.5) is 0 Å². The van der Waals surface area contributed by atoms with Crippen molar-refractivity contribution < 1.29 is 0 Å². The monoisotopic (exact) mass is 586 g/mol. The van der Waals surface area contributed by atoms with Crippen LogP contribution in [0, 0.1) is 0 Å². The van der Waals surface area contributed by atoms with E-state index in [0.717, 1.165) is 71.8 Å². The summed E-state index contributed by atoms with van der Waals surface area (Å²) in [6.45, 7) is 0. The number of nitrogens with zero attached hydrogens (tertiary/aromatic N) is 4. The Morgan fingerprint density at radius 3 is 1.50 bits per heavy atom. The van der Waals surface area contributed by atoms with E-state index >= 15 is 0 Å². The molecule has 0 atom stereocenters. The predicted octanol–water partition coefficient (Wildman–Crippen LogP) is 10.5. The van der Waals surface area contributed by atoms with Crippen molar-refractivity contribution in [3.8, 4) is 44.6 Å². The molecule has 4 heterocycles. The Morgan fingerprint density at radius 2 is 0.870 bits per heavy atom. The third-order valence-corrected chi connectivity index (χ3v) is 8.84. The lowest BCUT2D eigenvalue weighted by atomic mass is 9.93. The molecule has 0 unspecified atom stereocenters. The summed E-state index contributed by atoms with van der Waals surface area (Å²) in [5.41, 5.74) is 10.6. The van der Waals surface area contributed by atoms with Gasteiger partial charge in [-0.05, 0) is 80.9 Å². The Labute approximate surface area is 265 Å². The molecule has 0 radical (unpaired) electrons. The van der Waals surface area contributed by atoms with Crippen LogP contribution in [0.3, 0.4) is 0 Å². The van der Waals surface area contributed by atoms with Gasteiger partial charge in [-0.1, -0.05) is 84.9 Å². The first-order valence-electron chi connectivity index (χ1n) is 15.4. The molecule has 0 saturated carbocycles. The van der Waals surface area contributed by atoms with E-state index in [-0.39, 0.29) is 0 Å². The van der Waals surface area contributed by atoms with Gasteiger partial charge in [0.25, 0.3) is 0 Å². The number of hydrogen-bond acceptors (Lipinski definition) is 4. The molecule has 0 aliphatic carbocycles. The molecule has 214 valence electrons. The zero-order valence-electron chi connectivity index (χ0n) is 24.8. The van der Waals surface area contributed by atoms with Crippen molar-refractivity contribution in [1.82, 2.24) is 19.9 Å². The number of rotatable bonds is 4.